The Morgan fingerprint density at radius 2 is 1.03 bits per heavy atom. The number of aliphatic hydroxyl groups excluding tert-OH is 2. The van der Waals surface area contributed by atoms with Gasteiger partial charge >= 0.3 is 0 Å². The smallest absolute Gasteiger partial charge is 0.135 e. The van der Waals surface area contributed by atoms with Crippen molar-refractivity contribution in [1.29, 1.82) is 0 Å². The summed E-state index contributed by atoms with van der Waals surface area (Å²) in [7, 11) is 0. The SMILES string of the molecule is CCCCOCC(O)COc1c2ccc(C)cc2c(OCC(O)COCCCC)c2ccc(C)cc12. The minimum absolute atomic E-state index is 0.131. The highest BCUT2D eigenvalue weighted by molar-refractivity contribution is 6.11. The summed E-state index contributed by atoms with van der Waals surface area (Å²) >= 11 is 0. The summed E-state index contributed by atoms with van der Waals surface area (Å²) < 4.78 is 23.6. The molecule has 0 saturated carbocycles. The summed E-state index contributed by atoms with van der Waals surface area (Å²) in [4.78, 5) is 0. The van der Waals surface area contributed by atoms with Crippen molar-refractivity contribution in [3.63, 3.8) is 0 Å². The fraction of sp³-hybridized carbons (Fsp3) is 0.533. The molecule has 3 aromatic carbocycles. The molecule has 2 N–H and O–H groups in total. The quantitative estimate of drug-likeness (QED) is 0.194. The van der Waals surface area contributed by atoms with Gasteiger partial charge in [0.25, 0.3) is 0 Å². The van der Waals surface area contributed by atoms with Crippen molar-refractivity contribution in [2.75, 3.05) is 39.6 Å². The van der Waals surface area contributed by atoms with Crippen LogP contribution in [0.25, 0.3) is 21.5 Å². The van der Waals surface area contributed by atoms with Gasteiger partial charge in [-0.2, -0.15) is 0 Å². The van der Waals surface area contributed by atoms with Gasteiger partial charge in [-0.15, -0.1) is 0 Å². The third-order valence-corrected chi connectivity index (χ3v) is 6.07. The monoisotopic (exact) mass is 498 g/mol. The molecule has 0 aromatic heterocycles. The molecule has 3 rings (SSSR count). The van der Waals surface area contributed by atoms with Gasteiger partial charge < -0.3 is 29.2 Å². The molecular formula is C30H42O6. The van der Waals surface area contributed by atoms with Gasteiger partial charge in [-0.25, -0.2) is 0 Å². The van der Waals surface area contributed by atoms with Crippen molar-refractivity contribution < 1.29 is 29.2 Å². The minimum Gasteiger partial charge on any atom is -0.489 e. The molecule has 198 valence electrons. The molecule has 6 heteroatoms. The summed E-state index contributed by atoms with van der Waals surface area (Å²) in [5.41, 5.74) is 2.19. The first kappa shape index (κ1) is 28.2. The maximum absolute atomic E-state index is 10.4. The van der Waals surface area contributed by atoms with Gasteiger partial charge in [0, 0.05) is 34.8 Å². The first-order valence-electron chi connectivity index (χ1n) is 13.2. The molecule has 0 saturated heterocycles. The van der Waals surface area contributed by atoms with Crippen LogP contribution in [0.2, 0.25) is 0 Å². The van der Waals surface area contributed by atoms with Crippen LogP contribution < -0.4 is 9.47 Å². The zero-order chi connectivity index (χ0) is 25.9. The fourth-order valence-corrected chi connectivity index (χ4v) is 4.08. The predicted molar refractivity (Wildman–Crippen MR) is 145 cm³/mol. The zero-order valence-corrected chi connectivity index (χ0v) is 22.2. The van der Waals surface area contributed by atoms with Crippen LogP contribution in [0.5, 0.6) is 11.5 Å². The Morgan fingerprint density at radius 1 is 0.611 bits per heavy atom. The third-order valence-electron chi connectivity index (χ3n) is 6.07. The Morgan fingerprint density at radius 3 is 1.42 bits per heavy atom. The second kappa shape index (κ2) is 14.4. The van der Waals surface area contributed by atoms with E-state index in [9.17, 15) is 10.2 Å². The molecule has 2 unspecified atom stereocenters. The molecule has 0 aliphatic heterocycles. The maximum Gasteiger partial charge on any atom is 0.135 e. The van der Waals surface area contributed by atoms with Crippen LogP contribution in [0, 0.1) is 13.8 Å². The number of ether oxygens (including phenoxy) is 4. The van der Waals surface area contributed by atoms with Crippen LogP contribution in [-0.2, 0) is 9.47 Å². The first-order valence-corrected chi connectivity index (χ1v) is 13.2. The van der Waals surface area contributed by atoms with Gasteiger partial charge in [0.2, 0.25) is 0 Å². The Hall–Kier alpha value is -2.38. The van der Waals surface area contributed by atoms with E-state index in [0.29, 0.717) is 24.7 Å². The molecule has 6 nitrogen and oxygen atoms in total. The van der Waals surface area contributed by atoms with Crippen molar-refractivity contribution in [3.8, 4) is 11.5 Å². The van der Waals surface area contributed by atoms with E-state index in [1.54, 1.807) is 0 Å². The van der Waals surface area contributed by atoms with Crippen molar-refractivity contribution in [2.24, 2.45) is 0 Å². The normalized spacial score (nSPS) is 13.3. The standard InChI is InChI=1S/C30H42O6/c1-5-7-13-33-17-23(31)19-35-29-25-11-9-22(4)16-28(25)30(26-12-10-21(3)15-27(26)29)36-20-24(32)18-34-14-8-6-2/h9-12,15-16,23-24,31-32H,5-8,13-14,17-20H2,1-4H3. The summed E-state index contributed by atoms with van der Waals surface area (Å²) in [5.74, 6) is 1.43. The van der Waals surface area contributed by atoms with Crippen LogP contribution in [0.3, 0.4) is 0 Å². The third kappa shape index (κ3) is 7.81. The van der Waals surface area contributed by atoms with E-state index >= 15 is 0 Å². The number of benzene rings is 3. The van der Waals surface area contributed by atoms with Crippen LogP contribution in [0.1, 0.15) is 50.7 Å². The fourth-order valence-electron chi connectivity index (χ4n) is 4.08. The largest absolute Gasteiger partial charge is 0.489 e. The summed E-state index contributed by atoms with van der Waals surface area (Å²) in [6.07, 6.45) is 2.62. The maximum atomic E-state index is 10.4. The highest BCUT2D eigenvalue weighted by Crippen LogP contribution is 2.43. The summed E-state index contributed by atoms with van der Waals surface area (Å²) in [5, 5.41) is 24.5. The van der Waals surface area contributed by atoms with Crippen LogP contribution >= 0.6 is 0 Å². The lowest BCUT2D eigenvalue weighted by molar-refractivity contribution is 0.0115. The number of aryl methyl sites for hydroxylation is 2. The number of rotatable bonds is 16. The zero-order valence-electron chi connectivity index (χ0n) is 22.2. The van der Waals surface area contributed by atoms with Crippen molar-refractivity contribution in [2.45, 2.75) is 65.6 Å². The summed E-state index contributed by atoms with van der Waals surface area (Å²) in [6, 6.07) is 12.3. The molecule has 0 aliphatic carbocycles. The van der Waals surface area contributed by atoms with E-state index in [-0.39, 0.29) is 26.4 Å². The first-order chi connectivity index (χ1) is 17.4. The average Bonchev–Trinajstić information content (AvgIpc) is 2.86. The molecule has 0 fully saturated rings. The van der Waals surface area contributed by atoms with E-state index < -0.39 is 12.2 Å². The van der Waals surface area contributed by atoms with Crippen molar-refractivity contribution in [1.82, 2.24) is 0 Å². The van der Waals surface area contributed by atoms with Gasteiger partial charge in [0.15, 0.2) is 0 Å². The lowest BCUT2D eigenvalue weighted by Crippen LogP contribution is -2.24. The second-order valence-corrected chi connectivity index (χ2v) is 9.54. The molecule has 0 amide bonds. The van der Waals surface area contributed by atoms with Gasteiger partial charge in [0.1, 0.15) is 36.9 Å². The average molecular weight is 499 g/mol. The number of hydrogen-bond acceptors (Lipinski definition) is 6. The Kier molecular flexibility index (Phi) is 11.3. The highest BCUT2D eigenvalue weighted by atomic mass is 16.5. The molecule has 36 heavy (non-hydrogen) atoms. The molecule has 3 aromatic rings. The van der Waals surface area contributed by atoms with Gasteiger partial charge in [-0.3, -0.25) is 0 Å². The van der Waals surface area contributed by atoms with Crippen molar-refractivity contribution in [3.05, 3.63) is 47.5 Å². The second-order valence-electron chi connectivity index (χ2n) is 9.54. The number of aliphatic hydroxyl groups is 2. The van der Waals surface area contributed by atoms with Crippen LogP contribution in [0.4, 0.5) is 0 Å². The lowest BCUT2D eigenvalue weighted by Gasteiger charge is -2.21. The van der Waals surface area contributed by atoms with E-state index in [2.05, 4.69) is 26.0 Å². The molecular weight excluding hydrogens is 456 g/mol. The Balaban J connectivity index is 1.89. The summed E-state index contributed by atoms with van der Waals surface area (Å²) in [6.45, 7) is 10.3. The molecule has 0 aliphatic rings. The van der Waals surface area contributed by atoms with E-state index in [0.717, 1.165) is 58.4 Å². The van der Waals surface area contributed by atoms with Gasteiger partial charge in [-0.1, -0.05) is 62.1 Å². The van der Waals surface area contributed by atoms with E-state index in [1.165, 1.54) is 0 Å². The highest BCUT2D eigenvalue weighted by Gasteiger charge is 2.19. The van der Waals surface area contributed by atoms with Crippen molar-refractivity contribution >= 4 is 21.5 Å². The lowest BCUT2D eigenvalue weighted by atomic mass is 9.97. The number of fused-ring (bicyclic) bond motifs is 2. The molecule has 2 atom stereocenters. The molecule has 0 heterocycles. The minimum atomic E-state index is -0.721. The van der Waals surface area contributed by atoms with E-state index in [4.69, 9.17) is 18.9 Å². The topological polar surface area (TPSA) is 77.4 Å². The number of hydrogen-bond donors (Lipinski definition) is 2. The van der Waals surface area contributed by atoms with E-state index in [1.807, 2.05) is 38.1 Å². The van der Waals surface area contributed by atoms with Crippen LogP contribution in [0.15, 0.2) is 36.4 Å². The molecule has 0 spiro atoms. The van der Waals surface area contributed by atoms with Gasteiger partial charge in [-0.05, 0) is 38.8 Å². The molecule has 0 bridgehead atoms. The number of unbranched alkanes of at least 4 members (excludes halogenated alkanes) is 2. The van der Waals surface area contributed by atoms with Crippen LogP contribution in [-0.4, -0.2) is 62.1 Å². The van der Waals surface area contributed by atoms with Gasteiger partial charge in [0.05, 0.1) is 13.2 Å². The molecule has 0 radical (unpaired) electrons. The Labute approximate surface area is 215 Å². The Bertz CT molecular complexity index is 1010. The predicted octanol–water partition coefficient (Wildman–Crippen LogP) is 5.72.